The van der Waals surface area contributed by atoms with E-state index in [0.29, 0.717) is 12.3 Å². The van der Waals surface area contributed by atoms with Gasteiger partial charge in [0.2, 0.25) is 5.91 Å². The van der Waals surface area contributed by atoms with Crippen LogP contribution in [0.1, 0.15) is 46.0 Å². The number of sulfone groups is 1. The fourth-order valence-corrected chi connectivity index (χ4v) is 4.30. The number of aromatic nitrogens is 2. The number of hydrogen-bond donors (Lipinski definition) is 1. The summed E-state index contributed by atoms with van der Waals surface area (Å²) in [5.74, 6) is -0.845. The highest BCUT2D eigenvalue weighted by Crippen LogP contribution is 2.32. The smallest absolute Gasteiger partial charge is 0.301 e. The summed E-state index contributed by atoms with van der Waals surface area (Å²) in [4.78, 5) is 19.6. The van der Waals surface area contributed by atoms with Gasteiger partial charge >= 0.3 is 6.18 Å². The van der Waals surface area contributed by atoms with Gasteiger partial charge in [-0.3, -0.25) is 9.78 Å². The number of alkyl halides is 3. The average molecular weight is 435 g/mol. The van der Waals surface area contributed by atoms with E-state index < -0.39 is 37.3 Å². The summed E-state index contributed by atoms with van der Waals surface area (Å²) in [5, 5.41) is 4.48. The number of rotatable bonds is 4. The molecule has 0 aliphatic heterocycles. The maximum atomic E-state index is 12.8. The first-order chi connectivity index (χ1) is 12.6. The molecule has 1 N–H and O–H groups in total. The maximum Gasteiger partial charge on any atom is 0.433 e. The quantitative estimate of drug-likeness (QED) is 0.783. The third kappa shape index (κ3) is 4.35. The van der Waals surface area contributed by atoms with Crippen molar-refractivity contribution >= 4 is 32.2 Å². The van der Waals surface area contributed by atoms with Crippen LogP contribution in [0.4, 0.5) is 18.3 Å². The molecule has 0 aliphatic rings. The van der Waals surface area contributed by atoms with E-state index >= 15 is 0 Å². The Labute approximate surface area is 165 Å². The summed E-state index contributed by atoms with van der Waals surface area (Å²) in [6.45, 7) is 8.18. The Balaban J connectivity index is 2.28. The molecule has 0 bridgehead atoms. The highest BCUT2D eigenvalue weighted by molar-refractivity contribution is 7.93. The van der Waals surface area contributed by atoms with Crippen molar-refractivity contribution in [2.45, 2.75) is 55.9 Å². The molecule has 2 rings (SSSR count). The minimum atomic E-state index is -4.69. The molecule has 6 nitrogen and oxygen atoms in total. The molecule has 2 heterocycles. The van der Waals surface area contributed by atoms with Crippen LogP contribution in [0.3, 0.4) is 0 Å². The Morgan fingerprint density at radius 3 is 2.11 bits per heavy atom. The summed E-state index contributed by atoms with van der Waals surface area (Å²) in [6, 6.07) is 1.36. The number of thiazole rings is 1. The second-order valence-corrected chi connectivity index (χ2v) is 11.0. The normalized spacial score (nSPS) is 13.4. The van der Waals surface area contributed by atoms with Gasteiger partial charge in [-0.25, -0.2) is 13.4 Å². The maximum absolute atomic E-state index is 12.8. The van der Waals surface area contributed by atoms with Gasteiger partial charge in [0.25, 0.3) is 0 Å². The lowest BCUT2D eigenvalue weighted by Crippen LogP contribution is -2.44. The molecule has 2 aromatic rings. The molecule has 0 aliphatic carbocycles. The third-order valence-corrected chi connectivity index (χ3v) is 7.20. The van der Waals surface area contributed by atoms with Gasteiger partial charge in [-0.2, -0.15) is 13.2 Å². The van der Waals surface area contributed by atoms with Crippen LogP contribution in [0.5, 0.6) is 0 Å². The minimum Gasteiger partial charge on any atom is -0.301 e. The Morgan fingerprint density at radius 2 is 1.68 bits per heavy atom. The van der Waals surface area contributed by atoms with Crippen LogP contribution in [0, 0.1) is 0 Å². The predicted octanol–water partition coefficient (Wildman–Crippen LogP) is 4.05. The van der Waals surface area contributed by atoms with Gasteiger partial charge in [0.15, 0.2) is 15.0 Å². The van der Waals surface area contributed by atoms with E-state index in [2.05, 4.69) is 15.3 Å². The van der Waals surface area contributed by atoms with Crippen molar-refractivity contribution in [3.05, 3.63) is 35.1 Å². The minimum absolute atomic E-state index is 0.240. The highest BCUT2D eigenvalue weighted by atomic mass is 32.2. The molecule has 0 saturated heterocycles. The van der Waals surface area contributed by atoms with E-state index in [0.717, 1.165) is 23.1 Å². The molecule has 1 amide bonds. The van der Waals surface area contributed by atoms with E-state index in [1.165, 1.54) is 13.8 Å². The van der Waals surface area contributed by atoms with Crippen LogP contribution in [-0.2, 0) is 26.2 Å². The van der Waals surface area contributed by atoms with Gasteiger partial charge in [-0.15, -0.1) is 11.3 Å². The molecule has 0 radical (unpaired) electrons. The molecule has 0 aromatic carbocycles. The number of nitrogens with one attached hydrogen (secondary N) is 1. The van der Waals surface area contributed by atoms with Gasteiger partial charge in [-0.1, -0.05) is 20.8 Å². The molecule has 28 heavy (non-hydrogen) atoms. The van der Waals surface area contributed by atoms with Gasteiger partial charge < -0.3 is 5.32 Å². The van der Waals surface area contributed by atoms with Gasteiger partial charge in [-0.05, 0) is 26.0 Å². The number of carbonyl (C=O) groups is 1. The summed E-state index contributed by atoms with van der Waals surface area (Å²) in [6.07, 6.45) is -4.08. The van der Waals surface area contributed by atoms with Crippen LogP contribution in [-0.4, -0.2) is 29.0 Å². The van der Waals surface area contributed by atoms with E-state index in [-0.39, 0.29) is 10.5 Å². The lowest BCUT2D eigenvalue weighted by atomic mass is 9.93. The van der Waals surface area contributed by atoms with Crippen molar-refractivity contribution in [1.82, 2.24) is 9.97 Å². The third-order valence-electron chi connectivity index (χ3n) is 4.05. The van der Waals surface area contributed by atoms with Crippen LogP contribution >= 0.6 is 11.3 Å². The first kappa shape index (κ1) is 22.3. The second-order valence-electron chi connectivity index (χ2n) is 7.63. The second kappa shape index (κ2) is 7.11. The molecule has 154 valence electrons. The molecule has 0 fully saturated rings. The van der Waals surface area contributed by atoms with Gasteiger partial charge in [0, 0.05) is 17.0 Å². The standard InChI is InChI=1S/C17H20F3N3O3S2/c1-15(2,3)12-9-27-14(22-12)23-13(24)16(4,5)28(25,26)10-6-7-11(21-8-10)17(18,19)20/h6-9H,1-5H3,(H,22,23,24). The first-order valence-corrected chi connectivity index (χ1v) is 10.5. The average Bonchev–Trinajstić information content (AvgIpc) is 3.02. The molecule has 0 atom stereocenters. The lowest BCUT2D eigenvalue weighted by molar-refractivity contribution is -0.141. The van der Waals surface area contributed by atoms with Crippen molar-refractivity contribution in [2.24, 2.45) is 0 Å². The van der Waals surface area contributed by atoms with Gasteiger partial charge in [0.05, 0.1) is 10.6 Å². The fraction of sp³-hybridized carbons (Fsp3) is 0.471. The van der Waals surface area contributed by atoms with Crippen LogP contribution < -0.4 is 5.32 Å². The van der Waals surface area contributed by atoms with Crippen LogP contribution in [0.2, 0.25) is 0 Å². The molecule has 0 saturated carbocycles. The Morgan fingerprint density at radius 1 is 1.07 bits per heavy atom. The molecule has 0 unspecified atom stereocenters. The largest absolute Gasteiger partial charge is 0.433 e. The number of pyridine rings is 1. The van der Waals surface area contributed by atoms with Gasteiger partial charge in [0.1, 0.15) is 10.4 Å². The predicted molar refractivity (Wildman–Crippen MR) is 99.9 cm³/mol. The fourth-order valence-electron chi connectivity index (χ4n) is 2.05. The molecule has 0 spiro atoms. The summed E-state index contributed by atoms with van der Waals surface area (Å²) in [7, 11) is -4.31. The number of halogens is 3. The zero-order chi connectivity index (χ0) is 21.5. The zero-order valence-corrected chi connectivity index (χ0v) is 17.5. The lowest BCUT2D eigenvalue weighted by Gasteiger charge is -2.23. The van der Waals surface area contributed by atoms with E-state index in [9.17, 15) is 26.4 Å². The Kier molecular flexibility index (Phi) is 5.65. The number of anilines is 1. The topological polar surface area (TPSA) is 89.0 Å². The summed E-state index contributed by atoms with van der Waals surface area (Å²) >= 11 is 1.16. The Bertz CT molecular complexity index is 974. The number of carbonyl (C=O) groups excluding carboxylic acids is 1. The molecule has 11 heteroatoms. The van der Waals surface area contributed by atoms with E-state index in [4.69, 9.17) is 0 Å². The summed E-state index contributed by atoms with van der Waals surface area (Å²) < 4.78 is 61.5. The van der Waals surface area contributed by atoms with E-state index in [1.807, 2.05) is 20.8 Å². The Hall–Kier alpha value is -2.01. The number of nitrogens with zero attached hydrogens (tertiary/aromatic N) is 2. The van der Waals surface area contributed by atoms with Crippen molar-refractivity contribution in [3.8, 4) is 0 Å². The van der Waals surface area contributed by atoms with Crippen molar-refractivity contribution in [3.63, 3.8) is 0 Å². The first-order valence-electron chi connectivity index (χ1n) is 8.12. The molecular formula is C17H20F3N3O3S2. The zero-order valence-electron chi connectivity index (χ0n) is 15.9. The van der Waals surface area contributed by atoms with Crippen molar-refractivity contribution in [1.29, 1.82) is 0 Å². The number of hydrogen-bond acceptors (Lipinski definition) is 6. The number of amides is 1. The summed E-state index contributed by atoms with van der Waals surface area (Å²) in [5.41, 5.74) is -0.723. The van der Waals surface area contributed by atoms with Crippen LogP contribution in [0.15, 0.2) is 28.6 Å². The monoisotopic (exact) mass is 435 g/mol. The highest BCUT2D eigenvalue weighted by Gasteiger charge is 2.44. The SMILES string of the molecule is CC(C)(C)c1csc(NC(=O)C(C)(C)S(=O)(=O)c2ccc(C(F)(F)F)nc2)n1. The van der Waals surface area contributed by atoms with Crippen molar-refractivity contribution in [2.75, 3.05) is 5.32 Å². The molecular weight excluding hydrogens is 415 g/mol. The molecule has 2 aromatic heterocycles. The van der Waals surface area contributed by atoms with Crippen molar-refractivity contribution < 1.29 is 26.4 Å². The van der Waals surface area contributed by atoms with E-state index in [1.54, 1.807) is 5.38 Å². The van der Waals surface area contributed by atoms with Crippen LogP contribution in [0.25, 0.3) is 0 Å².